The van der Waals surface area contributed by atoms with E-state index >= 15 is 0 Å². The number of hydrogen-bond donors (Lipinski definition) is 2. The van der Waals surface area contributed by atoms with Gasteiger partial charge in [0.1, 0.15) is 0 Å². The van der Waals surface area contributed by atoms with Crippen LogP contribution < -0.4 is 10.9 Å². The lowest BCUT2D eigenvalue weighted by Gasteiger charge is -2.13. The molecule has 0 aliphatic heterocycles. The van der Waals surface area contributed by atoms with Crippen molar-refractivity contribution in [2.45, 2.75) is 32.6 Å². The SMILES string of the molecule is Cc1nc(C(=O)NC[C@@H]2[C@@H]3CCc4ccccc4[C@H]23)c(=O)[nH]c1C. The van der Waals surface area contributed by atoms with Gasteiger partial charge in [-0.3, -0.25) is 9.59 Å². The monoisotopic (exact) mass is 323 g/mol. The van der Waals surface area contributed by atoms with Crippen molar-refractivity contribution in [2.75, 3.05) is 6.54 Å². The van der Waals surface area contributed by atoms with E-state index in [9.17, 15) is 9.59 Å². The number of H-pyrrole nitrogens is 1. The zero-order valence-electron chi connectivity index (χ0n) is 13.9. The molecule has 1 heterocycles. The predicted octanol–water partition coefficient (Wildman–Crippen LogP) is 2.09. The van der Waals surface area contributed by atoms with Gasteiger partial charge in [0.25, 0.3) is 11.5 Å². The van der Waals surface area contributed by atoms with Gasteiger partial charge < -0.3 is 10.3 Å². The minimum atomic E-state index is -0.422. The second-order valence-electron chi connectivity index (χ2n) is 6.93. The average Bonchev–Trinajstić information content (AvgIpc) is 3.30. The lowest BCUT2D eigenvalue weighted by Crippen LogP contribution is -2.33. The number of aromatic nitrogens is 2. The van der Waals surface area contributed by atoms with Gasteiger partial charge >= 0.3 is 0 Å². The third kappa shape index (κ3) is 2.44. The standard InChI is InChI=1S/C19H21N3O2/c1-10-11(2)22-19(24)17(21-10)18(23)20-9-15-14-8-7-12-5-3-4-6-13(12)16(14)15/h3-6,14-16H,7-9H2,1-2H3,(H,20,23)(H,22,24)/t14-,15+,16-/m0/s1. The highest BCUT2D eigenvalue weighted by Gasteiger charge is 2.52. The van der Waals surface area contributed by atoms with Crippen LogP contribution in [0.15, 0.2) is 29.1 Å². The van der Waals surface area contributed by atoms with Gasteiger partial charge in [-0.1, -0.05) is 24.3 Å². The van der Waals surface area contributed by atoms with Gasteiger partial charge in [-0.05, 0) is 55.6 Å². The largest absolute Gasteiger partial charge is 0.350 e. The zero-order chi connectivity index (χ0) is 16.8. The van der Waals surface area contributed by atoms with Gasteiger partial charge in [0.15, 0.2) is 5.69 Å². The lowest BCUT2D eigenvalue weighted by molar-refractivity contribution is 0.0944. The van der Waals surface area contributed by atoms with Crippen molar-refractivity contribution in [3.63, 3.8) is 0 Å². The van der Waals surface area contributed by atoms with Gasteiger partial charge in [0.05, 0.1) is 5.69 Å². The normalized spacial score (nSPS) is 24.0. The van der Waals surface area contributed by atoms with Crippen LogP contribution in [0.2, 0.25) is 0 Å². The second-order valence-corrected chi connectivity index (χ2v) is 6.93. The number of carbonyl (C=O) groups excluding carboxylic acids is 1. The van der Waals surface area contributed by atoms with Crippen LogP contribution >= 0.6 is 0 Å². The summed E-state index contributed by atoms with van der Waals surface area (Å²) in [5, 5.41) is 2.91. The van der Waals surface area contributed by atoms with Crippen molar-refractivity contribution in [3.05, 3.63) is 62.8 Å². The Morgan fingerprint density at radius 3 is 2.96 bits per heavy atom. The predicted molar refractivity (Wildman–Crippen MR) is 91.1 cm³/mol. The van der Waals surface area contributed by atoms with E-state index in [4.69, 9.17) is 0 Å². The van der Waals surface area contributed by atoms with E-state index in [0.717, 1.165) is 6.42 Å². The Hall–Kier alpha value is -2.43. The van der Waals surface area contributed by atoms with E-state index in [1.54, 1.807) is 13.8 Å². The summed E-state index contributed by atoms with van der Waals surface area (Å²) in [5.74, 6) is 1.31. The first-order chi connectivity index (χ1) is 11.6. The maximum absolute atomic E-state index is 12.3. The van der Waals surface area contributed by atoms with Crippen molar-refractivity contribution < 1.29 is 4.79 Å². The first-order valence-corrected chi connectivity index (χ1v) is 8.50. The smallest absolute Gasteiger partial charge is 0.279 e. The van der Waals surface area contributed by atoms with Crippen LogP contribution in [-0.2, 0) is 6.42 Å². The Bertz CT molecular complexity index is 871. The van der Waals surface area contributed by atoms with E-state index in [-0.39, 0.29) is 11.6 Å². The number of carbonyl (C=O) groups is 1. The van der Waals surface area contributed by atoms with Crippen molar-refractivity contribution in [2.24, 2.45) is 11.8 Å². The quantitative estimate of drug-likeness (QED) is 0.908. The Kier molecular flexibility index (Phi) is 3.52. The molecule has 0 radical (unpaired) electrons. The number of hydrogen-bond acceptors (Lipinski definition) is 3. The van der Waals surface area contributed by atoms with Crippen molar-refractivity contribution >= 4 is 5.91 Å². The average molecular weight is 323 g/mol. The van der Waals surface area contributed by atoms with E-state index in [1.807, 2.05) is 0 Å². The molecule has 2 aliphatic rings. The topological polar surface area (TPSA) is 74.8 Å². The summed E-state index contributed by atoms with van der Waals surface area (Å²) >= 11 is 0. The summed E-state index contributed by atoms with van der Waals surface area (Å²) in [6.07, 6.45) is 2.31. The fraction of sp³-hybridized carbons (Fsp3) is 0.421. The maximum Gasteiger partial charge on any atom is 0.279 e. The number of nitrogens with zero attached hydrogens (tertiary/aromatic N) is 1. The van der Waals surface area contributed by atoms with Crippen LogP contribution in [0.5, 0.6) is 0 Å². The molecule has 0 spiro atoms. The summed E-state index contributed by atoms with van der Waals surface area (Å²) in [6, 6.07) is 8.60. The van der Waals surface area contributed by atoms with Crippen LogP contribution in [0.4, 0.5) is 0 Å². The molecule has 1 aromatic heterocycles. The summed E-state index contributed by atoms with van der Waals surface area (Å²) in [5.41, 5.74) is 3.79. The van der Waals surface area contributed by atoms with Crippen LogP contribution in [-0.4, -0.2) is 22.4 Å². The minimum absolute atomic E-state index is 0.0397. The number of benzene rings is 1. The summed E-state index contributed by atoms with van der Waals surface area (Å²) in [6.45, 7) is 4.17. The Balaban J connectivity index is 1.45. The second kappa shape index (κ2) is 5.58. The molecule has 1 saturated carbocycles. The molecule has 1 aromatic carbocycles. The molecule has 2 N–H and O–H groups in total. The molecule has 0 saturated heterocycles. The molecule has 1 amide bonds. The molecular weight excluding hydrogens is 302 g/mol. The first-order valence-electron chi connectivity index (χ1n) is 8.50. The molecule has 0 bridgehead atoms. The highest BCUT2D eigenvalue weighted by molar-refractivity contribution is 5.91. The van der Waals surface area contributed by atoms with Crippen LogP contribution in [0, 0.1) is 25.7 Å². The van der Waals surface area contributed by atoms with Gasteiger partial charge in [-0.2, -0.15) is 0 Å². The number of fused-ring (bicyclic) bond motifs is 3. The Morgan fingerprint density at radius 2 is 2.12 bits per heavy atom. The maximum atomic E-state index is 12.3. The van der Waals surface area contributed by atoms with Gasteiger partial charge in [0.2, 0.25) is 0 Å². The van der Waals surface area contributed by atoms with E-state index in [1.165, 1.54) is 17.5 Å². The lowest BCUT2D eigenvalue weighted by atomic mass is 9.92. The highest BCUT2D eigenvalue weighted by Crippen LogP contribution is 2.59. The third-order valence-corrected chi connectivity index (χ3v) is 5.54. The van der Waals surface area contributed by atoms with E-state index in [2.05, 4.69) is 39.6 Å². The fourth-order valence-corrected chi connectivity index (χ4v) is 4.06. The Labute approximate surface area is 140 Å². The molecule has 5 nitrogen and oxygen atoms in total. The van der Waals surface area contributed by atoms with Crippen LogP contribution in [0.25, 0.3) is 0 Å². The van der Waals surface area contributed by atoms with Gasteiger partial charge in [0, 0.05) is 12.2 Å². The summed E-state index contributed by atoms with van der Waals surface area (Å²) in [7, 11) is 0. The summed E-state index contributed by atoms with van der Waals surface area (Å²) in [4.78, 5) is 31.1. The molecule has 3 atom stereocenters. The van der Waals surface area contributed by atoms with E-state index in [0.29, 0.717) is 35.7 Å². The molecule has 2 aliphatic carbocycles. The molecule has 1 fully saturated rings. The van der Waals surface area contributed by atoms with Crippen LogP contribution in [0.1, 0.15) is 45.3 Å². The fourth-order valence-electron chi connectivity index (χ4n) is 4.06. The number of rotatable bonds is 3. The van der Waals surface area contributed by atoms with Gasteiger partial charge in [-0.15, -0.1) is 0 Å². The Morgan fingerprint density at radius 1 is 1.33 bits per heavy atom. The molecule has 124 valence electrons. The molecule has 0 unspecified atom stereocenters. The molecular formula is C19H21N3O2. The van der Waals surface area contributed by atoms with E-state index < -0.39 is 5.56 Å². The van der Waals surface area contributed by atoms with Gasteiger partial charge in [-0.25, -0.2) is 4.98 Å². The van der Waals surface area contributed by atoms with Crippen LogP contribution in [0.3, 0.4) is 0 Å². The van der Waals surface area contributed by atoms with Crippen molar-refractivity contribution in [1.29, 1.82) is 0 Å². The number of nitrogens with one attached hydrogen (secondary N) is 2. The molecule has 2 aromatic rings. The third-order valence-electron chi connectivity index (χ3n) is 5.54. The van der Waals surface area contributed by atoms with Crippen molar-refractivity contribution in [1.82, 2.24) is 15.3 Å². The molecule has 4 rings (SSSR count). The number of aryl methyl sites for hydroxylation is 3. The molecule has 5 heteroatoms. The summed E-state index contributed by atoms with van der Waals surface area (Å²) < 4.78 is 0. The zero-order valence-corrected chi connectivity index (χ0v) is 13.9. The van der Waals surface area contributed by atoms with Crippen molar-refractivity contribution in [3.8, 4) is 0 Å². The number of aromatic amines is 1. The minimum Gasteiger partial charge on any atom is -0.350 e. The first kappa shape index (κ1) is 15.1. The number of amides is 1. The molecule has 24 heavy (non-hydrogen) atoms. The highest BCUT2D eigenvalue weighted by atomic mass is 16.2.